The van der Waals surface area contributed by atoms with Crippen molar-refractivity contribution in [2.45, 2.75) is 13.8 Å². The van der Waals surface area contributed by atoms with Crippen LogP contribution in [0.2, 0.25) is 0 Å². The predicted octanol–water partition coefficient (Wildman–Crippen LogP) is 1.88. The second-order valence-corrected chi connectivity index (χ2v) is 4.32. The third-order valence-electron chi connectivity index (χ3n) is 2.85. The summed E-state index contributed by atoms with van der Waals surface area (Å²) in [6, 6.07) is 9.63. The van der Waals surface area contributed by atoms with Crippen molar-refractivity contribution in [3.8, 4) is 0 Å². The van der Waals surface area contributed by atoms with E-state index in [1.54, 1.807) is 11.9 Å². The van der Waals surface area contributed by atoms with Gasteiger partial charge < -0.3 is 10.6 Å². The van der Waals surface area contributed by atoms with Crippen LogP contribution in [0.15, 0.2) is 30.3 Å². The fourth-order valence-electron chi connectivity index (χ4n) is 1.69. The number of nitrogens with zero attached hydrogens (tertiary/aromatic N) is 1. The number of para-hydroxylation sites is 1. The Morgan fingerprint density at radius 2 is 1.88 bits per heavy atom. The van der Waals surface area contributed by atoms with Gasteiger partial charge in [0.25, 0.3) is 0 Å². The van der Waals surface area contributed by atoms with Gasteiger partial charge in [0.15, 0.2) is 0 Å². The quantitative estimate of drug-likeness (QED) is 0.842. The average Bonchev–Trinajstić information content (AvgIpc) is 2.29. The molecule has 0 radical (unpaired) electrons. The first-order valence-corrected chi connectivity index (χ1v) is 5.60. The first kappa shape index (κ1) is 12.7. The van der Waals surface area contributed by atoms with Crippen molar-refractivity contribution in [2.24, 2.45) is 17.6 Å². The maximum Gasteiger partial charge on any atom is 0.231 e. The number of hydrogen-bond donors (Lipinski definition) is 1. The fraction of sp³-hybridized carbons (Fsp3) is 0.462. The monoisotopic (exact) mass is 220 g/mol. The number of rotatable bonds is 4. The van der Waals surface area contributed by atoms with Crippen molar-refractivity contribution < 1.29 is 4.79 Å². The highest BCUT2D eigenvalue weighted by Gasteiger charge is 2.24. The fourth-order valence-corrected chi connectivity index (χ4v) is 1.69. The van der Waals surface area contributed by atoms with Crippen LogP contribution in [0.25, 0.3) is 0 Å². The minimum atomic E-state index is -0.106. The van der Waals surface area contributed by atoms with Gasteiger partial charge in [-0.2, -0.15) is 0 Å². The van der Waals surface area contributed by atoms with E-state index in [-0.39, 0.29) is 17.7 Å². The van der Waals surface area contributed by atoms with E-state index in [1.165, 1.54) is 0 Å². The van der Waals surface area contributed by atoms with Gasteiger partial charge in [-0.05, 0) is 18.1 Å². The molecule has 1 aromatic carbocycles. The molecule has 3 nitrogen and oxygen atoms in total. The van der Waals surface area contributed by atoms with Crippen LogP contribution in [0.5, 0.6) is 0 Å². The molecule has 0 heterocycles. The van der Waals surface area contributed by atoms with Crippen molar-refractivity contribution in [2.75, 3.05) is 18.5 Å². The van der Waals surface area contributed by atoms with Crippen LogP contribution >= 0.6 is 0 Å². The Labute approximate surface area is 97.2 Å². The second kappa shape index (κ2) is 5.66. The maximum atomic E-state index is 12.2. The number of carbonyl (C=O) groups excluding carboxylic acids is 1. The molecule has 1 atom stereocenters. The third-order valence-corrected chi connectivity index (χ3v) is 2.85. The summed E-state index contributed by atoms with van der Waals surface area (Å²) in [4.78, 5) is 13.8. The van der Waals surface area contributed by atoms with E-state index >= 15 is 0 Å². The van der Waals surface area contributed by atoms with Crippen molar-refractivity contribution in [3.63, 3.8) is 0 Å². The highest BCUT2D eigenvalue weighted by Crippen LogP contribution is 2.18. The van der Waals surface area contributed by atoms with Gasteiger partial charge in [0.1, 0.15) is 0 Å². The molecule has 0 fully saturated rings. The van der Waals surface area contributed by atoms with E-state index in [1.807, 2.05) is 44.2 Å². The Morgan fingerprint density at radius 3 is 2.31 bits per heavy atom. The minimum Gasteiger partial charge on any atom is -0.330 e. The number of carbonyl (C=O) groups is 1. The van der Waals surface area contributed by atoms with Gasteiger partial charge in [-0.25, -0.2) is 0 Å². The molecule has 0 spiro atoms. The SMILES string of the molecule is CC(C)C(CN)C(=O)N(C)c1ccccc1. The zero-order valence-electron chi connectivity index (χ0n) is 10.2. The standard InChI is InChI=1S/C13H20N2O/c1-10(2)12(9-14)13(16)15(3)11-7-5-4-6-8-11/h4-8,10,12H,9,14H2,1-3H3. The Hall–Kier alpha value is -1.35. The number of anilines is 1. The lowest BCUT2D eigenvalue weighted by Crippen LogP contribution is -2.39. The predicted molar refractivity (Wildman–Crippen MR) is 67.2 cm³/mol. The van der Waals surface area contributed by atoms with Crippen LogP contribution in [0.1, 0.15) is 13.8 Å². The molecule has 1 unspecified atom stereocenters. The van der Waals surface area contributed by atoms with Gasteiger partial charge in [-0.15, -0.1) is 0 Å². The minimum absolute atomic E-state index is 0.0868. The largest absolute Gasteiger partial charge is 0.330 e. The Morgan fingerprint density at radius 1 is 1.31 bits per heavy atom. The Balaban J connectivity index is 2.81. The third kappa shape index (κ3) is 2.83. The molecule has 3 heteroatoms. The van der Waals surface area contributed by atoms with Crippen LogP contribution in [0.3, 0.4) is 0 Å². The molecule has 0 aromatic heterocycles. The lowest BCUT2D eigenvalue weighted by Gasteiger charge is -2.25. The lowest BCUT2D eigenvalue weighted by atomic mass is 9.94. The molecule has 1 rings (SSSR count). The van der Waals surface area contributed by atoms with Crippen molar-refractivity contribution in [3.05, 3.63) is 30.3 Å². The van der Waals surface area contributed by atoms with Gasteiger partial charge in [-0.3, -0.25) is 4.79 Å². The first-order valence-electron chi connectivity index (χ1n) is 5.60. The normalized spacial score (nSPS) is 12.6. The highest BCUT2D eigenvalue weighted by atomic mass is 16.2. The molecular formula is C13H20N2O. The van der Waals surface area contributed by atoms with Crippen LogP contribution in [-0.4, -0.2) is 19.5 Å². The first-order chi connectivity index (χ1) is 7.57. The summed E-state index contributed by atoms with van der Waals surface area (Å²) in [5, 5.41) is 0. The summed E-state index contributed by atoms with van der Waals surface area (Å²) in [5.41, 5.74) is 6.55. The van der Waals surface area contributed by atoms with Crippen LogP contribution in [0, 0.1) is 11.8 Å². The summed E-state index contributed by atoms with van der Waals surface area (Å²) in [6.07, 6.45) is 0. The molecule has 0 saturated heterocycles. The van der Waals surface area contributed by atoms with Gasteiger partial charge in [-0.1, -0.05) is 32.0 Å². The summed E-state index contributed by atoms with van der Waals surface area (Å²) in [7, 11) is 1.79. The van der Waals surface area contributed by atoms with E-state index in [9.17, 15) is 4.79 Å². The van der Waals surface area contributed by atoms with Crippen molar-refractivity contribution in [1.29, 1.82) is 0 Å². The Bertz CT molecular complexity index is 335. The van der Waals surface area contributed by atoms with E-state index in [2.05, 4.69) is 0 Å². The topological polar surface area (TPSA) is 46.3 Å². The molecule has 0 saturated carbocycles. The number of hydrogen-bond acceptors (Lipinski definition) is 2. The number of benzene rings is 1. The molecule has 1 amide bonds. The smallest absolute Gasteiger partial charge is 0.231 e. The summed E-state index contributed by atoms with van der Waals surface area (Å²) in [6.45, 7) is 4.44. The molecule has 2 N–H and O–H groups in total. The molecule has 0 aliphatic carbocycles. The molecule has 88 valence electrons. The van der Waals surface area contributed by atoms with Crippen LogP contribution in [-0.2, 0) is 4.79 Å². The molecule has 1 aromatic rings. The van der Waals surface area contributed by atoms with Crippen LogP contribution < -0.4 is 10.6 Å². The van der Waals surface area contributed by atoms with Crippen molar-refractivity contribution in [1.82, 2.24) is 0 Å². The van der Waals surface area contributed by atoms with E-state index < -0.39 is 0 Å². The maximum absolute atomic E-state index is 12.2. The molecular weight excluding hydrogens is 200 g/mol. The Kier molecular flexibility index (Phi) is 4.50. The van der Waals surface area contributed by atoms with Crippen molar-refractivity contribution >= 4 is 11.6 Å². The molecule has 0 aliphatic rings. The van der Waals surface area contributed by atoms with E-state index in [0.717, 1.165) is 5.69 Å². The van der Waals surface area contributed by atoms with Crippen LogP contribution in [0.4, 0.5) is 5.69 Å². The molecule has 16 heavy (non-hydrogen) atoms. The average molecular weight is 220 g/mol. The summed E-state index contributed by atoms with van der Waals surface area (Å²) >= 11 is 0. The number of nitrogens with two attached hydrogens (primary N) is 1. The lowest BCUT2D eigenvalue weighted by molar-refractivity contribution is -0.123. The number of amides is 1. The van der Waals surface area contributed by atoms with Gasteiger partial charge in [0.05, 0.1) is 5.92 Å². The highest BCUT2D eigenvalue weighted by molar-refractivity contribution is 5.94. The van der Waals surface area contributed by atoms with Gasteiger partial charge in [0.2, 0.25) is 5.91 Å². The van der Waals surface area contributed by atoms with E-state index in [0.29, 0.717) is 6.54 Å². The molecule has 0 bridgehead atoms. The zero-order valence-corrected chi connectivity index (χ0v) is 10.2. The summed E-state index contributed by atoms with van der Waals surface area (Å²) in [5.74, 6) is 0.248. The molecule has 0 aliphatic heterocycles. The summed E-state index contributed by atoms with van der Waals surface area (Å²) < 4.78 is 0. The van der Waals surface area contributed by atoms with E-state index in [4.69, 9.17) is 5.73 Å². The zero-order chi connectivity index (χ0) is 12.1. The second-order valence-electron chi connectivity index (χ2n) is 4.32. The van der Waals surface area contributed by atoms with Gasteiger partial charge >= 0.3 is 0 Å². The van der Waals surface area contributed by atoms with Gasteiger partial charge in [0, 0.05) is 19.3 Å².